The van der Waals surface area contributed by atoms with E-state index in [-0.39, 0.29) is 5.60 Å². The maximum Gasteiger partial charge on any atom is 0.160 e. The van der Waals surface area contributed by atoms with E-state index in [0.717, 1.165) is 24.4 Å². The Morgan fingerprint density at radius 2 is 2.06 bits per heavy atom. The lowest BCUT2D eigenvalue weighted by Gasteiger charge is -2.28. The summed E-state index contributed by atoms with van der Waals surface area (Å²) in [5.74, 6) is 1.32. The normalized spacial score (nSPS) is 16.2. The molecule has 0 bridgehead atoms. The van der Waals surface area contributed by atoms with Gasteiger partial charge in [0.25, 0.3) is 0 Å². The molecule has 1 saturated carbocycles. The molecule has 0 aliphatic heterocycles. The lowest BCUT2D eigenvalue weighted by atomic mass is 9.95. The standard InChI is InChI=1S/C13H21N3O/c1-4-13(5-2,17-3)12-15-8-10(14)11(16-12)9-6-7-9/h8-9H,4-7,14H2,1-3H3. The molecule has 17 heavy (non-hydrogen) atoms. The van der Waals surface area contributed by atoms with Crippen LogP contribution >= 0.6 is 0 Å². The zero-order valence-electron chi connectivity index (χ0n) is 10.9. The Kier molecular flexibility index (Phi) is 3.33. The molecular weight excluding hydrogens is 214 g/mol. The molecule has 0 unspecified atom stereocenters. The van der Waals surface area contributed by atoms with Crippen LogP contribution in [0.15, 0.2) is 6.20 Å². The topological polar surface area (TPSA) is 61.0 Å². The van der Waals surface area contributed by atoms with Crippen LogP contribution < -0.4 is 5.73 Å². The summed E-state index contributed by atoms with van der Waals surface area (Å²) in [5.41, 5.74) is 7.30. The molecule has 2 N–H and O–H groups in total. The van der Waals surface area contributed by atoms with Crippen LogP contribution in [0, 0.1) is 0 Å². The first-order valence-corrected chi connectivity index (χ1v) is 6.35. The van der Waals surface area contributed by atoms with Crippen molar-refractivity contribution in [2.45, 2.75) is 51.0 Å². The van der Waals surface area contributed by atoms with E-state index in [9.17, 15) is 0 Å². The summed E-state index contributed by atoms with van der Waals surface area (Å²) < 4.78 is 5.65. The molecule has 0 amide bonds. The second-order valence-electron chi connectivity index (χ2n) is 4.71. The summed E-state index contributed by atoms with van der Waals surface area (Å²) in [7, 11) is 1.73. The Bertz CT molecular complexity index is 389. The Morgan fingerprint density at radius 3 is 2.53 bits per heavy atom. The Hall–Kier alpha value is -1.16. The number of rotatable bonds is 5. The first-order valence-electron chi connectivity index (χ1n) is 6.35. The summed E-state index contributed by atoms with van der Waals surface area (Å²) >= 11 is 0. The second kappa shape index (κ2) is 4.61. The number of hydrogen-bond donors (Lipinski definition) is 1. The minimum Gasteiger partial charge on any atom is -0.396 e. The van der Waals surface area contributed by atoms with E-state index >= 15 is 0 Å². The van der Waals surface area contributed by atoms with Gasteiger partial charge in [-0.05, 0) is 25.7 Å². The van der Waals surface area contributed by atoms with Crippen molar-refractivity contribution in [1.82, 2.24) is 9.97 Å². The molecule has 4 heteroatoms. The van der Waals surface area contributed by atoms with Crippen molar-refractivity contribution in [3.8, 4) is 0 Å². The summed E-state index contributed by atoms with van der Waals surface area (Å²) in [6.45, 7) is 4.20. The molecule has 4 nitrogen and oxygen atoms in total. The lowest BCUT2D eigenvalue weighted by molar-refractivity contribution is -0.0292. The van der Waals surface area contributed by atoms with E-state index in [2.05, 4.69) is 23.8 Å². The number of methoxy groups -OCH3 is 1. The van der Waals surface area contributed by atoms with Gasteiger partial charge in [-0.1, -0.05) is 13.8 Å². The maximum atomic E-state index is 5.93. The minimum atomic E-state index is -0.364. The number of nitrogens with zero attached hydrogens (tertiary/aromatic N) is 2. The van der Waals surface area contributed by atoms with Crippen LogP contribution in [0.25, 0.3) is 0 Å². The molecule has 1 heterocycles. The van der Waals surface area contributed by atoms with Crippen LogP contribution in [0.1, 0.15) is 57.0 Å². The first-order chi connectivity index (χ1) is 8.16. The monoisotopic (exact) mass is 235 g/mol. The molecular formula is C13H21N3O. The average molecular weight is 235 g/mol. The molecule has 94 valence electrons. The van der Waals surface area contributed by atoms with E-state index in [1.165, 1.54) is 12.8 Å². The zero-order chi connectivity index (χ0) is 12.5. The van der Waals surface area contributed by atoms with E-state index in [1.54, 1.807) is 13.3 Å². The van der Waals surface area contributed by atoms with Crippen molar-refractivity contribution in [2.24, 2.45) is 0 Å². The molecule has 1 aliphatic carbocycles. The fourth-order valence-corrected chi connectivity index (χ4v) is 2.25. The molecule has 1 aromatic heterocycles. The van der Waals surface area contributed by atoms with Gasteiger partial charge in [0.05, 0.1) is 17.6 Å². The summed E-state index contributed by atoms with van der Waals surface area (Å²) in [4.78, 5) is 9.03. The first kappa shape index (κ1) is 12.3. The van der Waals surface area contributed by atoms with E-state index in [1.807, 2.05) is 0 Å². The van der Waals surface area contributed by atoms with E-state index in [0.29, 0.717) is 11.6 Å². The molecule has 1 fully saturated rings. The quantitative estimate of drug-likeness (QED) is 0.852. The van der Waals surface area contributed by atoms with Crippen LogP contribution in [0.4, 0.5) is 5.69 Å². The third-order valence-electron chi connectivity index (χ3n) is 3.75. The van der Waals surface area contributed by atoms with Gasteiger partial charge in [-0.3, -0.25) is 0 Å². The molecule has 2 rings (SSSR count). The summed E-state index contributed by atoms with van der Waals surface area (Å²) in [6, 6.07) is 0. The Morgan fingerprint density at radius 1 is 1.41 bits per heavy atom. The predicted octanol–water partition coefficient (Wildman–Crippen LogP) is 2.60. The highest BCUT2D eigenvalue weighted by atomic mass is 16.5. The molecule has 0 aromatic carbocycles. The van der Waals surface area contributed by atoms with Gasteiger partial charge >= 0.3 is 0 Å². The summed E-state index contributed by atoms with van der Waals surface area (Å²) in [5, 5.41) is 0. The summed E-state index contributed by atoms with van der Waals surface area (Å²) in [6.07, 6.45) is 5.86. The van der Waals surface area contributed by atoms with Crippen LogP contribution in [-0.2, 0) is 10.3 Å². The van der Waals surface area contributed by atoms with Crippen LogP contribution in [0.3, 0.4) is 0 Å². The van der Waals surface area contributed by atoms with Crippen LogP contribution in [0.5, 0.6) is 0 Å². The van der Waals surface area contributed by atoms with Gasteiger partial charge in [-0.15, -0.1) is 0 Å². The van der Waals surface area contributed by atoms with Crippen molar-refractivity contribution >= 4 is 5.69 Å². The molecule has 0 spiro atoms. The predicted molar refractivity (Wildman–Crippen MR) is 67.7 cm³/mol. The highest BCUT2D eigenvalue weighted by Crippen LogP contribution is 2.42. The van der Waals surface area contributed by atoms with Gasteiger partial charge in [-0.2, -0.15) is 0 Å². The smallest absolute Gasteiger partial charge is 0.160 e. The molecule has 1 aromatic rings. The number of ether oxygens (including phenoxy) is 1. The maximum absolute atomic E-state index is 5.93. The fourth-order valence-electron chi connectivity index (χ4n) is 2.25. The third-order valence-corrected chi connectivity index (χ3v) is 3.75. The Labute approximate surface area is 103 Å². The highest BCUT2D eigenvalue weighted by Gasteiger charge is 2.34. The molecule has 1 aliphatic rings. The number of nitrogen functional groups attached to an aromatic ring is 1. The van der Waals surface area contributed by atoms with Crippen molar-refractivity contribution < 1.29 is 4.74 Å². The van der Waals surface area contributed by atoms with Crippen molar-refractivity contribution in [1.29, 1.82) is 0 Å². The van der Waals surface area contributed by atoms with Gasteiger partial charge in [0, 0.05) is 13.0 Å². The van der Waals surface area contributed by atoms with Crippen molar-refractivity contribution in [3.63, 3.8) is 0 Å². The van der Waals surface area contributed by atoms with Crippen LogP contribution in [-0.4, -0.2) is 17.1 Å². The molecule has 0 atom stereocenters. The van der Waals surface area contributed by atoms with Crippen LogP contribution in [0.2, 0.25) is 0 Å². The highest BCUT2D eigenvalue weighted by molar-refractivity contribution is 5.44. The lowest BCUT2D eigenvalue weighted by Crippen LogP contribution is -2.30. The number of anilines is 1. The van der Waals surface area contributed by atoms with Crippen molar-refractivity contribution in [2.75, 3.05) is 12.8 Å². The van der Waals surface area contributed by atoms with Crippen molar-refractivity contribution in [3.05, 3.63) is 17.7 Å². The number of hydrogen-bond acceptors (Lipinski definition) is 4. The van der Waals surface area contributed by atoms with Gasteiger partial charge in [0.1, 0.15) is 5.60 Å². The second-order valence-corrected chi connectivity index (χ2v) is 4.71. The number of nitrogens with two attached hydrogens (primary N) is 1. The Balaban J connectivity index is 2.40. The van der Waals surface area contributed by atoms with Gasteiger partial charge in [0.15, 0.2) is 5.82 Å². The van der Waals surface area contributed by atoms with Gasteiger partial charge in [0.2, 0.25) is 0 Å². The minimum absolute atomic E-state index is 0.364. The SMILES string of the molecule is CCC(CC)(OC)c1ncc(N)c(C2CC2)n1. The van der Waals surface area contributed by atoms with E-state index in [4.69, 9.17) is 10.5 Å². The molecule has 0 radical (unpaired) electrons. The van der Waals surface area contributed by atoms with Gasteiger partial charge < -0.3 is 10.5 Å². The average Bonchev–Trinajstić information content (AvgIpc) is 3.18. The number of aromatic nitrogens is 2. The third kappa shape index (κ3) is 2.14. The fraction of sp³-hybridized carbons (Fsp3) is 0.692. The van der Waals surface area contributed by atoms with Gasteiger partial charge in [-0.25, -0.2) is 9.97 Å². The zero-order valence-corrected chi connectivity index (χ0v) is 10.9. The van der Waals surface area contributed by atoms with E-state index < -0.39 is 0 Å². The largest absolute Gasteiger partial charge is 0.396 e. The molecule has 0 saturated heterocycles.